The van der Waals surface area contributed by atoms with Crippen LogP contribution in [0.5, 0.6) is 0 Å². The maximum absolute atomic E-state index is 10.9. The van der Waals surface area contributed by atoms with Crippen LogP contribution in [0.15, 0.2) is 24.3 Å². The molecule has 0 radical (unpaired) electrons. The summed E-state index contributed by atoms with van der Waals surface area (Å²) in [7, 11) is 0. The van der Waals surface area contributed by atoms with E-state index in [4.69, 9.17) is 15.6 Å². The van der Waals surface area contributed by atoms with Gasteiger partial charge in [0.25, 0.3) is 0 Å². The van der Waals surface area contributed by atoms with Crippen LogP contribution in [0, 0.1) is 0 Å². The van der Waals surface area contributed by atoms with Crippen LogP contribution in [0.3, 0.4) is 0 Å². The van der Waals surface area contributed by atoms with Crippen LogP contribution in [-0.4, -0.2) is 23.2 Å². The van der Waals surface area contributed by atoms with Gasteiger partial charge in [0.2, 0.25) is 0 Å². The highest BCUT2D eigenvalue weighted by molar-refractivity contribution is 5.70. The highest BCUT2D eigenvalue weighted by atomic mass is 16.5. The van der Waals surface area contributed by atoms with Crippen molar-refractivity contribution in [3.8, 4) is 0 Å². The molecule has 110 valence electrons. The monoisotopic (exact) mass is 277 g/mol. The van der Waals surface area contributed by atoms with Crippen molar-refractivity contribution in [2.45, 2.75) is 57.3 Å². The van der Waals surface area contributed by atoms with E-state index in [2.05, 4.69) is 0 Å². The van der Waals surface area contributed by atoms with Gasteiger partial charge in [-0.3, -0.25) is 4.79 Å². The number of ether oxygens (including phenoxy) is 1. The molecule has 0 aromatic heterocycles. The lowest BCUT2D eigenvalue weighted by molar-refractivity contribution is -0.136. The Labute approximate surface area is 119 Å². The van der Waals surface area contributed by atoms with Crippen molar-refractivity contribution in [1.82, 2.24) is 0 Å². The van der Waals surface area contributed by atoms with Gasteiger partial charge in [0.15, 0.2) is 0 Å². The van der Waals surface area contributed by atoms with Crippen molar-refractivity contribution in [3.05, 3.63) is 35.4 Å². The predicted molar refractivity (Wildman–Crippen MR) is 77.4 cm³/mol. The molecular weight excluding hydrogens is 254 g/mol. The van der Waals surface area contributed by atoms with Crippen LogP contribution in [0.2, 0.25) is 0 Å². The minimum atomic E-state index is -0.816. The average molecular weight is 277 g/mol. The van der Waals surface area contributed by atoms with E-state index < -0.39 is 5.97 Å². The van der Waals surface area contributed by atoms with Crippen molar-refractivity contribution in [3.63, 3.8) is 0 Å². The van der Waals surface area contributed by atoms with Gasteiger partial charge in [0.1, 0.15) is 0 Å². The molecule has 2 unspecified atom stereocenters. The predicted octanol–water partition coefficient (Wildman–Crippen LogP) is 2.49. The molecule has 4 heteroatoms. The number of carbonyl (C=O) groups is 1. The summed E-state index contributed by atoms with van der Waals surface area (Å²) in [5.74, 6) is -0.816. The normalized spacial score (nSPS) is 23.2. The van der Waals surface area contributed by atoms with E-state index >= 15 is 0 Å². The summed E-state index contributed by atoms with van der Waals surface area (Å²) in [6.45, 7) is 0.446. The molecule has 20 heavy (non-hydrogen) atoms. The van der Waals surface area contributed by atoms with Gasteiger partial charge in [-0.05, 0) is 24.0 Å². The first-order chi connectivity index (χ1) is 9.66. The summed E-state index contributed by atoms with van der Waals surface area (Å²) in [4.78, 5) is 10.9. The van der Waals surface area contributed by atoms with Crippen molar-refractivity contribution >= 4 is 5.97 Å². The molecule has 1 aliphatic rings. The quantitative estimate of drug-likeness (QED) is 0.811. The number of hydrogen-bond donors (Lipinski definition) is 2. The van der Waals surface area contributed by atoms with E-state index in [1.165, 1.54) is 12.8 Å². The lowest BCUT2D eigenvalue weighted by Gasteiger charge is -2.22. The minimum Gasteiger partial charge on any atom is -0.481 e. The molecule has 1 aromatic rings. The Morgan fingerprint density at radius 1 is 1.20 bits per heavy atom. The number of nitrogens with two attached hydrogens (primary N) is 1. The summed E-state index contributed by atoms with van der Waals surface area (Å²) in [5.41, 5.74) is 7.91. The lowest BCUT2D eigenvalue weighted by atomic mass is 10.0. The third-order valence-electron chi connectivity index (χ3n) is 3.92. The van der Waals surface area contributed by atoms with Crippen LogP contribution in [-0.2, 0) is 22.6 Å². The first kappa shape index (κ1) is 15.0. The number of aliphatic carboxylic acids is 1. The molecule has 0 bridgehead atoms. The summed E-state index contributed by atoms with van der Waals surface area (Å²) in [6.07, 6.45) is 5.71. The fourth-order valence-electron chi connectivity index (χ4n) is 2.74. The van der Waals surface area contributed by atoms with Crippen LogP contribution in [0.1, 0.15) is 43.2 Å². The second-order valence-electron chi connectivity index (χ2n) is 5.49. The van der Waals surface area contributed by atoms with Crippen LogP contribution < -0.4 is 5.73 Å². The Morgan fingerprint density at radius 2 is 1.90 bits per heavy atom. The van der Waals surface area contributed by atoms with Gasteiger partial charge in [-0.2, -0.15) is 0 Å². The SMILES string of the molecule is NC1CCCCCC1OCc1ccccc1CC(=O)O. The third kappa shape index (κ3) is 4.32. The van der Waals surface area contributed by atoms with Gasteiger partial charge in [-0.1, -0.05) is 43.5 Å². The fraction of sp³-hybridized carbons (Fsp3) is 0.562. The zero-order chi connectivity index (χ0) is 14.4. The van der Waals surface area contributed by atoms with Crippen LogP contribution in [0.4, 0.5) is 0 Å². The van der Waals surface area contributed by atoms with Crippen molar-refractivity contribution < 1.29 is 14.6 Å². The maximum Gasteiger partial charge on any atom is 0.307 e. The molecule has 0 aliphatic heterocycles. The number of benzene rings is 1. The van der Waals surface area contributed by atoms with Gasteiger partial charge in [-0.25, -0.2) is 0 Å². The molecule has 1 aromatic carbocycles. The minimum absolute atomic E-state index is 0.0379. The summed E-state index contributed by atoms with van der Waals surface area (Å²) >= 11 is 0. The van der Waals surface area contributed by atoms with Crippen molar-refractivity contribution in [2.24, 2.45) is 5.73 Å². The Hall–Kier alpha value is -1.39. The number of carboxylic acid groups (broad SMARTS) is 1. The molecule has 2 rings (SSSR count). The zero-order valence-electron chi connectivity index (χ0n) is 11.8. The molecule has 1 fully saturated rings. The second-order valence-corrected chi connectivity index (χ2v) is 5.49. The molecule has 0 amide bonds. The highest BCUT2D eigenvalue weighted by Crippen LogP contribution is 2.21. The smallest absolute Gasteiger partial charge is 0.307 e. The van der Waals surface area contributed by atoms with Crippen molar-refractivity contribution in [1.29, 1.82) is 0 Å². The zero-order valence-corrected chi connectivity index (χ0v) is 11.8. The van der Waals surface area contributed by atoms with E-state index in [0.29, 0.717) is 6.61 Å². The first-order valence-corrected chi connectivity index (χ1v) is 7.32. The van der Waals surface area contributed by atoms with E-state index in [9.17, 15) is 4.79 Å². The van der Waals surface area contributed by atoms with Gasteiger partial charge in [-0.15, -0.1) is 0 Å². The first-order valence-electron chi connectivity index (χ1n) is 7.32. The third-order valence-corrected chi connectivity index (χ3v) is 3.92. The topological polar surface area (TPSA) is 72.5 Å². The summed E-state index contributed by atoms with van der Waals surface area (Å²) in [6, 6.07) is 7.65. The average Bonchev–Trinajstić information content (AvgIpc) is 2.62. The van der Waals surface area contributed by atoms with E-state index in [1.807, 2.05) is 24.3 Å². The molecule has 1 saturated carbocycles. The highest BCUT2D eigenvalue weighted by Gasteiger charge is 2.21. The van der Waals surface area contributed by atoms with Crippen LogP contribution >= 0.6 is 0 Å². The van der Waals surface area contributed by atoms with Gasteiger partial charge in [0, 0.05) is 6.04 Å². The molecule has 4 nitrogen and oxygen atoms in total. The van der Waals surface area contributed by atoms with E-state index in [1.54, 1.807) is 0 Å². The Bertz CT molecular complexity index is 447. The number of hydrogen-bond acceptors (Lipinski definition) is 3. The molecule has 0 spiro atoms. The number of carboxylic acids is 1. The molecule has 2 atom stereocenters. The molecular formula is C16H23NO3. The summed E-state index contributed by atoms with van der Waals surface area (Å²) in [5, 5.41) is 8.93. The summed E-state index contributed by atoms with van der Waals surface area (Å²) < 4.78 is 5.97. The largest absolute Gasteiger partial charge is 0.481 e. The standard InChI is InChI=1S/C16H23NO3/c17-14-8-2-1-3-9-15(14)20-11-13-7-5-4-6-12(13)10-16(18)19/h4-7,14-15H,1-3,8-11,17H2,(H,18,19). The van der Waals surface area contributed by atoms with Gasteiger partial charge < -0.3 is 15.6 Å². The molecule has 3 N–H and O–H groups in total. The molecule has 0 heterocycles. The second kappa shape index (κ2) is 7.41. The maximum atomic E-state index is 10.9. The Kier molecular flexibility index (Phi) is 5.56. The lowest BCUT2D eigenvalue weighted by Crippen LogP contribution is -2.35. The Balaban J connectivity index is 1.97. The van der Waals surface area contributed by atoms with Crippen LogP contribution in [0.25, 0.3) is 0 Å². The van der Waals surface area contributed by atoms with Gasteiger partial charge in [0.05, 0.1) is 19.1 Å². The van der Waals surface area contributed by atoms with E-state index in [-0.39, 0.29) is 18.6 Å². The van der Waals surface area contributed by atoms with Crippen molar-refractivity contribution in [2.75, 3.05) is 0 Å². The molecule has 1 aliphatic carbocycles. The number of rotatable bonds is 5. The fourth-order valence-corrected chi connectivity index (χ4v) is 2.74. The Morgan fingerprint density at radius 3 is 2.65 bits per heavy atom. The van der Waals surface area contributed by atoms with Gasteiger partial charge >= 0.3 is 5.97 Å². The van der Waals surface area contributed by atoms with E-state index in [0.717, 1.165) is 30.4 Å². The molecule has 0 saturated heterocycles.